The van der Waals surface area contributed by atoms with E-state index in [9.17, 15) is 5.11 Å². The number of anilines is 1. The molecule has 1 saturated heterocycles. The molecule has 0 unspecified atom stereocenters. The first-order valence-electron chi connectivity index (χ1n) is 7.92. The van der Waals surface area contributed by atoms with Crippen LogP contribution in [-0.2, 0) is 0 Å². The van der Waals surface area contributed by atoms with Crippen molar-refractivity contribution in [3.05, 3.63) is 30.3 Å². The van der Waals surface area contributed by atoms with Crippen LogP contribution in [0.4, 0.5) is 5.69 Å². The maximum Gasteiger partial charge on any atom is 0.0749 e. The van der Waals surface area contributed by atoms with Crippen molar-refractivity contribution in [3.63, 3.8) is 0 Å². The molecule has 0 bridgehead atoms. The van der Waals surface area contributed by atoms with Gasteiger partial charge in [0.15, 0.2) is 0 Å². The number of rotatable bonds is 3. The standard InChI is InChI=1S/C17H26N2O/c18-14-16(8-4-5-9-16)17(20)10-12-19(13-11-17)15-6-2-1-3-7-15/h1-3,6-7,20H,4-5,8-14,18H2. The molecule has 3 rings (SSSR count). The molecule has 2 aliphatic rings. The summed E-state index contributed by atoms with van der Waals surface area (Å²) >= 11 is 0. The summed E-state index contributed by atoms with van der Waals surface area (Å²) in [5.74, 6) is 0. The second-order valence-electron chi connectivity index (χ2n) is 6.55. The Morgan fingerprint density at radius 1 is 1.00 bits per heavy atom. The van der Waals surface area contributed by atoms with Gasteiger partial charge in [0.1, 0.15) is 0 Å². The van der Waals surface area contributed by atoms with Crippen molar-refractivity contribution in [2.75, 3.05) is 24.5 Å². The van der Waals surface area contributed by atoms with E-state index in [1.54, 1.807) is 0 Å². The number of hydrogen-bond donors (Lipinski definition) is 2. The van der Waals surface area contributed by atoms with Crippen LogP contribution in [0.2, 0.25) is 0 Å². The number of para-hydroxylation sites is 1. The van der Waals surface area contributed by atoms with Crippen LogP contribution in [-0.4, -0.2) is 30.3 Å². The second-order valence-corrected chi connectivity index (χ2v) is 6.55. The lowest BCUT2D eigenvalue weighted by molar-refractivity contribution is -0.0946. The molecule has 0 amide bonds. The van der Waals surface area contributed by atoms with E-state index in [-0.39, 0.29) is 5.41 Å². The van der Waals surface area contributed by atoms with Gasteiger partial charge in [0.25, 0.3) is 0 Å². The third kappa shape index (κ3) is 2.23. The lowest BCUT2D eigenvalue weighted by atomic mass is 9.66. The number of hydrogen-bond acceptors (Lipinski definition) is 3. The van der Waals surface area contributed by atoms with Crippen LogP contribution in [0.3, 0.4) is 0 Å². The molecule has 0 aromatic heterocycles. The lowest BCUT2D eigenvalue weighted by Crippen LogP contribution is -2.57. The molecule has 2 fully saturated rings. The number of benzene rings is 1. The molecule has 0 atom stereocenters. The maximum atomic E-state index is 11.2. The van der Waals surface area contributed by atoms with Crippen molar-refractivity contribution < 1.29 is 5.11 Å². The summed E-state index contributed by atoms with van der Waals surface area (Å²) in [6.45, 7) is 2.50. The third-order valence-electron chi connectivity index (χ3n) is 5.65. The Labute approximate surface area is 121 Å². The normalized spacial score (nSPS) is 24.8. The Bertz CT molecular complexity index is 432. The zero-order chi connectivity index (χ0) is 14.1. The molecule has 0 spiro atoms. The molecule has 3 heteroatoms. The predicted octanol–water partition coefficient (Wildman–Crippen LogP) is 2.54. The molecule has 3 N–H and O–H groups in total. The Morgan fingerprint density at radius 2 is 1.60 bits per heavy atom. The van der Waals surface area contributed by atoms with E-state index in [2.05, 4.69) is 29.2 Å². The number of nitrogens with zero attached hydrogens (tertiary/aromatic N) is 1. The number of aliphatic hydroxyl groups is 1. The Morgan fingerprint density at radius 3 is 2.15 bits per heavy atom. The molecule has 1 aliphatic heterocycles. The molecule has 110 valence electrons. The van der Waals surface area contributed by atoms with E-state index in [0.717, 1.165) is 38.8 Å². The van der Waals surface area contributed by atoms with Crippen LogP contribution in [0.1, 0.15) is 38.5 Å². The largest absolute Gasteiger partial charge is 0.389 e. The van der Waals surface area contributed by atoms with E-state index >= 15 is 0 Å². The van der Waals surface area contributed by atoms with Crippen molar-refractivity contribution in [1.82, 2.24) is 0 Å². The van der Waals surface area contributed by atoms with E-state index in [1.807, 2.05) is 6.07 Å². The van der Waals surface area contributed by atoms with Gasteiger partial charge in [0, 0.05) is 30.7 Å². The second kappa shape index (κ2) is 5.38. The van der Waals surface area contributed by atoms with Gasteiger partial charge in [-0.1, -0.05) is 31.0 Å². The first kappa shape index (κ1) is 13.9. The first-order valence-corrected chi connectivity index (χ1v) is 7.92. The highest BCUT2D eigenvalue weighted by Crippen LogP contribution is 2.50. The number of nitrogens with two attached hydrogens (primary N) is 1. The summed E-state index contributed by atoms with van der Waals surface area (Å²) in [5.41, 5.74) is 6.75. The summed E-state index contributed by atoms with van der Waals surface area (Å²) in [4.78, 5) is 2.38. The fraction of sp³-hybridized carbons (Fsp3) is 0.647. The average molecular weight is 274 g/mol. The molecule has 1 aliphatic carbocycles. The van der Waals surface area contributed by atoms with Gasteiger partial charge in [-0.05, 0) is 37.8 Å². The average Bonchev–Trinajstić information content (AvgIpc) is 3.00. The van der Waals surface area contributed by atoms with Gasteiger partial charge >= 0.3 is 0 Å². The summed E-state index contributed by atoms with van der Waals surface area (Å²) in [7, 11) is 0. The van der Waals surface area contributed by atoms with Crippen LogP contribution in [0.15, 0.2) is 30.3 Å². The van der Waals surface area contributed by atoms with Crippen LogP contribution < -0.4 is 10.6 Å². The lowest BCUT2D eigenvalue weighted by Gasteiger charge is -2.49. The first-order chi connectivity index (χ1) is 9.69. The fourth-order valence-corrected chi connectivity index (χ4v) is 4.22. The monoisotopic (exact) mass is 274 g/mol. The van der Waals surface area contributed by atoms with Gasteiger partial charge < -0.3 is 15.7 Å². The highest BCUT2D eigenvalue weighted by Gasteiger charge is 2.51. The predicted molar refractivity (Wildman–Crippen MR) is 82.8 cm³/mol. The highest BCUT2D eigenvalue weighted by molar-refractivity contribution is 5.46. The summed E-state index contributed by atoms with van der Waals surface area (Å²) < 4.78 is 0. The van der Waals surface area contributed by atoms with E-state index in [4.69, 9.17) is 5.73 Å². The minimum atomic E-state index is -0.552. The minimum absolute atomic E-state index is 0.0181. The number of piperidine rings is 1. The molecule has 0 radical (unpaired) electrons. The van der Waals surface area contributed by atoms with E-state index in [1.165, 1.54) is 18.5 Å². The van der Waals surface area contributed by atoms with Crippen LogP contribution in [0, 0.1) is 5.41 Å². The molecule has 1 aromatic rings. The topological polar surface area (TPSA) is 49.5 Å². The van der Waals surface area contributed by atoms with Crippen molar-refractivity contribution in [2.45, 2.75) is 44.1 Å². The van der Waals surface area contributed by atoms with Gasteiger partial charge in [-0.25, -0.2) is 0 Å². The summed E-state index contributed by atoms with van der Waals surface area (Å²) in [6, 6.07) is 10.5. The molecular formula is C17H26N2O. The highest BCUT2D eigenvalue weighted by atomic mass is 16.3. The molecule has 1 aromatic carbocycles. The quantitative estimate of drug-likeness (QED) is 0.890. The zero-order valence-electron chi connectivity index (χ0n) is 12.2. The van der Waals surface area contributed by atoms with Crippen LogP contribution in [0.25, 0.3) is 0 Å². The summed E-state index contributed by atoms with van der Waals surface area (Å²) in [6.07, 6.45) is 6.35. The van der Waals surface area contributed by atoms with Gasteiger partial charge in [0.05, 0.1) is 5.60 Å². The van der Waals surface area contributed by atoms with Crippen molar-refractivity contribution >= 4 is 5.69 Å². The molecular weight excluding hydrogens is 248 g/mol. The van der Waals surface area contributed by atoms with Gasteiger partial charge in [-0.3, -0.25) is 0 Å². The van der Waals surface area contributed by atoms with Crippen LogP contribution >= 0.6 is 0 Å². The fourth-order valence-electron chi connectivity index (χ4n) is 4.22. The van der Waals surface area contributed by atoms with E-state index in [0.29, 0.717) is 6.54 Å². The van der Waals surface area contributed by atoms with E-state index < -0.39 is 5.60 Å². The Kier molecular flexibility index (Phi) is 3.74. The van der Waals surface area contributed by atoms with Crippen molar-refractivity contribution in [1.29, 1.82) is 0 Å². The molecule has 20 heavy (non-hydrogen) atoms. The Hall–Kier alpha value is -1.06. The summed E-state index contributed by atoms with van der Waals surface area (Å²) in [5, 5.41) is 11.2. The maximum absolute atomic E-state index is 11.2. The van der Waals surface area contributed by atoms with Gasteiger partial charge in [-0.2, -0.15) is 0 Å². The van der Waals surface area contributed by atoms with Crippen molar-refractivity contribution in [3.8, 4) is 0 Å². The van der Waals surface area contributed by atoms with Crippen molar-refractivity contribution in [2.24, 2.45) is 11.1 Å². The van der Waals surface area contributed by atoms with Gasteiger partial charge in [0.2, 0.25) is 0 Å². The third-order valence-corrected chi connectivity index (χ3v) is 5.65. The Balaban J connectivity index is 1.71. The molecule has 1 heterocycles. The minimum Gasteiger partial charge on any atom is -0.389 e. The van der Waals surface area contributed by atoms with Crippen LogP contribution in [0.5, 0.6) is 0 Å². The van der Waals surface area contributed by atoms with Gasteiger partial charge in [-0.15, -0.1) is 0 Å². The molecule has 1 saturated carbocycles. The zero-order valence-corrected chi connectivity index (χ0v) is 12.2. The molecule has 3 nitrogen and oxygen atoms in total. The smallest absolute Gasteiger partial charge is 0.0749 e. The SMILES string of the molecule is NCC1(C2(O)CCN(c3ccccc3)CC2)CCCC1.